The van der Waals surface area contributed by atoms with Gasteiger partial charge in [0.1, 0.15) is 6.10 Å². The summed E-state index contributed by atoms with van der Waals surface area (Å²) in [7, 11) is 1.07. The number of carbonyl (C=O) groups is 3. The Morgan fingerprint density at radius 2 is 1.25 bits per heavy atom. The smallest absolute Gasteiger partial charge is 0.335 e. The van der Waals surface area contributed by atoms with Crippen LogP contribution in [0.15, 0.2) is 60.7 Å². The van der Waals surface area contributed by atoms with E-state index in [9.17, 15) is 27.9 Å². The summed E-state index contributed by atoms with van der Waals surface area (Å²) in [6.07, 6.45) is 3.83. The van der Waals surface area contributed by atoms with Crippen LogP contribution in [-0.2, 0) is 40.8 Å². The lowest BCUT2D eigenvalue weighted by Crippen LogP contribution is -2.52. The van der Waals surface area contributed by atoms with Crippen molar-refractivity contribution in [2.45, 2.75) is 63.1 Å². The van der Waals surface area contributed by atoms with Crippen LogP contribution in [0.25, 0.3) is 0 Å². The number of rotatable bonds is 3. The molecule has 0 spiro atoms. The van der Waals surface area contributed by atoms with Gasteiger partial charge in [-0.2, -0.15) is 12.7 Å². The van der Waals surface area contributed by atoms with Crippen LogP contribution in [0.5, 0.6) is 0 Å². The highest BCUT2D eigenvalue weighted by Gasteiger charge is 2.43. The minimum absolute atomic E-state index is 0.0505. The summed E-state index contributed by atoms with van der Waals surface area (Å²) < 4.78 is 40.8. The number of aliphatic hydroxyl groups is 1. The van der Waals surface area contributed by atoms with Crippen LogP contribution in [0.4, 0.5) is 5.69 Å². The highest BCUT2D eigenvalue weighted by molar-refractivity contribution is 7.88. The fourth-order valence-corrected chi connectivity index (χ4v) is 9.01. The molecule has 0 aliphatic carbocycles. The number of likely N-dealkylation sites (N-methyl/N-ethyl adjacent to an activating group) is 2. The molecule has 0 aromatic heterocycles. The molecule has 308 valence electrons. The van der Waals surface area contributed by atoms with Gasteiger partial charge in [-0.15, -0.1) is 0 Å². The molecule has 2 aromatic rings. The van der Waals surface area contributed by atoms with Gasteiger partial charge in [-0.3, -0.25) is 14.4 Å². The molecular formula is C38H55N7O9S2. The number of nitrogens with zero attached hydrogens (tertiary/aromatic N) is 7. The Hall–Kier alpha value is -3.78. The molecule has 0 saturated carbocycles. The van der Waals surface area contributed by atoms with Crippen molar-refractivity contribution >= 4 is 45.0 Å². The zero-order chi connectivity index (χ0) is 40.6. The van der Waals surface area contributed by atoms with E-state index >= 15 is 0 Å². The molecule has 16 nitrogen and oxygen atoms in total. The number of hydroxylamine groups is 1. The lowest BCUT2D eigenvalue weighted by molar-refractivity contribution is -0.136. The van der Waals surface area contributed by atoms with Gasteiger partial charge in [-0.05, 0) is 39.1 Å². The number of anilines is 1. The summed E-state index contributed by atoms with van der Waals surface area (Å²) >= 11 is -0.750. The van der Waals surface area contributed by atoms with Crippen molar-refractivity contribution < 1.29 is 41.2 Å². The van der Waals surface area contributed by atoms with Gasteiger partial charge < -0.3 is 29.6 Å². The molecule has 3 amide bonds. The molecule has 7 aliphatic rings. The first-order valence-electron chi connectivity index (χ1n) is 19.1. The third-order valence-electron chi connectivity index (χ3n) is 11.2. The molecule has 56 heavy (non-hydrogen) atoms. The van der Waals surface area contributed by atoms with E-state index in [1.54, 1.807) is 0 Å². The number of hydrogen-bond donors (Lipinski definition) is 1. The second-order valence-corrected chi connectivity index (χ2v) is 17.4. The maximum atomic E-state index is 11.7. The topological polar surface area (TPSA) is 175 Å². The number of fused-ring (bicyclic) bond motifs is 3. The Bertz CT molecular complexity index is 1740. The van der Waals surface area contributed by atoms with Crippen molar-refractivity contribution in [3.63, 3.8) is 0 Å². The molecule has 2 aromatic carbocycles. The summed E-state index contributed by atoms with van der Waals surface area (Å²) in [4.78, 5) is 49.9. The lowest BCUT2D eigenvalue weighted by Gasteiger charge is -2.35. The normalized spacial score (nSPS) is 28.6. The molecular weight excluding hydrogens is 763 g/mol. The Labute approximate surface area is 333 Å². The summed E-state index contributed by atoms with van der Waals surface area (Å²) in [5.41, 5.74) is 2.30. The Balaban J connectivity index is 0.000000140. The van der Waals surface area contributed by atoms with E-state index in [0.717, 1.165) is 64.2 Å². The molecule has 1 N–H and O–H groups in total. The van der Waals surface area contributed by atoms with Gasteiger partial charge in [0.15, 0.2) is 0 Å². The largest absolute Gasteiger partial charge is 0.383 e. The second-order valence-electron chi connectivity index (χ2n) is 15.3. The van der Waals surface area contributed by atoms with Crippen molar-refractivity contribution in [3.05, 3.63) is 66.2 Å². The average molecular weight is 818 g/mol. The van der Waals surface area contributed by atoms with Crippen LogP contribution in [0, 0.1) is 5.92 Å². The summed E-state index contributed by atoms with van der Waals surface area (Å²) in [6, 6.07) is 21.2. The fraction of sp³-hybridized carbons (Fsp3) is 0.605. The second kappa shape index (κ2) is 19.6. The molecule has 6 unspecified atom stereocenters. The van der Waals surface area contributed by atoms with Gasteiger partial charge in [0, 0.05) is 101 Å². The van der Waals surface area contributed by atoms with Crippen LogP contribution in [0.1, 0.15) is 44.4 Å². The minimum Gasteiger partial charge on any atom is -0.383 e. The van der Waals surface area contributed by atoms with Crippen molar-refractivity contribution in [1.29, 1.82) is 0 Å². The van der Waals surface area contributed by atoms with Gasteiger partial charge >= 0.3 is 11.6 Å². The molecule has 0 radical (unpaired) electrons. The summed E-state index contributed by atoms with van der Waals surface area (Å²) in [6.45, 7) is 9.03. The van der Waals surface area contributed by atoms with Gasteiger partial charge in [0.05, 0.1) is 11.9 Å². The van der Waals surface area contributed by atoms with Crippen molar-refractivity contribution in [2.75, 3.05) is 84.3 Å². The van der Waals surface area contributed by atoms with Crippen molar-refractivity contribution in [3.8, 4) is 0 Å². The number of sulfonamides is 1. The monoisotopic (exact) mass is 817 g/mol. The first-order valence-corrected chi connectivity index (χ1v) is 21.6. The number of aliphatic hydroxyl groups excluding tert-OH is 1. The maximum Gasteiger partial charge on any atom is 0.335 e. The van der Waals surface area contributed by atoms with E-state index in [1.807, 2.05) is 82.3 Å². The maximum absolute atomic E-state index is 11.7. The number of benzene rings is 2. The number of piperazine rings is 3. The van der Waals surface area contributed by atoms with Crippen molar-refractivity contribution in [2.24, 2.45) is 5.92 Å². The van der Waals surface area contributed by atoms with Crippen molar-refractivity contribution in [1.82, 2.24) is 28.8 Å². The van der Waals surface area contributed by atoms with E-state index < -0.39 is 27.7 Å². The summed E-state index contributed by atoms with van der Waals surface area (Å²) in [5.74, 6) is 0.513. The molecule has 7 aliphatic heterocycles. The van der Waals surface area contributed by atoms with E-state index in [2.05, 4.69) is 29.0 Å². The Morgan fingerprint density at radius 3 is 1.88 bits per heavy atom. The first-order chi connectivity index (χ1) is 26.7. The highest BCUT2D eigenvalue weighted by Crippen LogP contribution is 2.41. The third-order valence-corrected chi connectivity index (χ3v) is 12.4. The fourth-order valence-electron chi connectivity index (χ4n) is 8.15. The number of amides is 3. The molecule has 7 fully saturated rings. The van der Waals surface area contributed by atoms with E-state index in [1.165, 1.54) is 16.1 Å². The molecule has 18 heteroatoms. The van der Waals surface area contributed by atoms with Crippen LogP contribution in [-0.4, -0.2) is 172 Å². The van der Waals surface area contributed by atoms with Gasteiger partial charge in [0.2, 0.25) is 28.1 Å². The standard InChI is InChI=1S/C13H11NO.C9H16N2O3S.C8H14N2O2.C8H14N2O.O2S/c1-3-7-11(8-4-1)13-14(15-13)12-9-5-2-6-10-12;1-7-5-8-6-10(15(2,13)14)3-4-11(8)9(7)12;1-9-2-3-10-6(5-9)4-7(11)8(10)12;1-9-4-5-10-7(6-9)2-3-8(10)11;1-3-2/h1-10,13H;7-8H,3-6H2,1-2H3;6-7,11H,2-5H2,1H3;7H,2-6H2,1H3;. The quantitative estimate of drug-likeness (QED) is 0.432. The lowest BCUT2D eigenvalue weighted by atomic mass is 10.1. The Kier molecular flexibility index (Phi) is 15.2. The predicted octanol–water partition coefficient (Wildman–Crippen LogP) is 0.782. The Morgan fingerprint density at radius 1 is 0.714 bits per heavy atom. The molecule has 7 heterocycles. The predicted molar refractivity (Wildman–Crippen MR) is 210 cm³/mol. The molecule has 6 atom stereocenters. The average Bonchev–Trinajstić information content (AvgIpc) is 3.74. The molecule has 0 bridgehead atoms. The first kappa shape index (κ1) is 43.3. The number of hydrogen-bond acceptors (Lipinski definition) is 12. The van der Waals surface area contributed by atoms with Crippen LogP contribution >= 0.6 is 0 Å². The number of para-hydroxylation sites is 1. The highest BCUT2D eigenvalue weighted by atomic mass is 32.2. The van der Waals surface area contributed by atoms with Crippen LogP contribution in [0.2, 0.25) is 0 Å². The van der Waals surface area contributed by atoms with E-state index in [4.69, 9.17) is 13.3 Å². The molecule has 9 rings (SSSR count). The zero-order valence-corrected chi connectivity index (χ0v) is 34.2. The number of carbonyl (C=O) groups excluding carboxylic acids is 3. The van der Waals surface area contributed by atoms with Crippen LogP contribution < -0.4 is 5.06 Å². The summed E-state index contributed by atoms with van der Waals surface area (Å²) in [5, 5.41) is 11.2. The van der Waals surface area contributed by atoms with E-state index in [0.29, 0.717) is 38.0 Å². The zero-order valence-electron chi connectivity index (χ0n) is 32.6. The van der Waals surface area contributed by atoms with Crippen LogP contribution in [0.3, 0.4) is 0 Å². The SMILES string of the molecule is CC1CC2CN(S(C)(=O)=O)CCN2C1=O.CN1CCN2C(=O)C(O)CC2C1.CN1CCN2C(=O)CCC2C1.O=S=O.c1ccc(C2ON2c2ccccc2)cc1. The van der Waals surface area contributed by atoms with Gasteiger partial charge in [-0.1, -0.05) is 55.5 Å². The van der Waals surface area contributed by atoms with E-state index in [-0.39, 0.29) is 36.0 Å². The van der Waals surface area contributed by atoms with Gasteiger partial charge in [-0.25, -0.2) is 18.3 Å². The minimum atomic E-state index is -3.10. The third kappa shape index (κ3) is 11.2. The molecule has 7 saturated heterocycles. The van der Waals surface area contributed by atoms with Gasteiger partial charge in [0.25, 0.3) is 5.91 Å².